The fraction of sp³-hybridized carbons (Fsp3) is 0.263. The van der Waals surface area contributed by atoms with Crippen LogP contribution < -0.4 is 10.1 Å². The number of hydrogen-bond donors (Lipinski definition) is 1. The lowest BCUT2D eigenvalue weighted by atomic mass is 10.1. The summed E-state index contributed by atoms with van der Waals surface area (Å²) in [5.74, 6) is -0.211. The van der Waals surface area contributed by atoms with Crippen LogP contribution in [0.4, 0.5) is 0 Å². The molecule has 1 N–H and O–H groups in total. The van der Waals surface area contributed by atoms with E-state index in [0.29, 0.717) is 15.8 Å². The Morgan fingerprint density at radius 2 is 1.69 bits per heavy atom. The van der Waals surface area contributed by atoms with Crippen molar-refractivity contribution in [2.24, 2.45) is 0 Å². The number of ether oxygens (including phenoxy) is 1. The fourth-order valence-electron chi connectivity index (χ4n) is 2.39. The molecule has 0 aliphatic rings. The van der Waals surface area contributed by atoms with Gasteiger partial charge in [0.2, 0.25) is 5.91 Å². The minimum absolute atomic E-state index is 0.193. The van der Waals surface area contributed by atoms with Crippen LogP contribution in [0.2, 0.25) is 10.0 Å². The average Bonchev–Trinajstić information content (AvgIpc) is 2.65. The Hall–Kier alpha value is -2.24. The van der Waals surface area contributed by atoms with Gasteiger partial charge >= 0.3 is 0 Å². The van der Waals surface area contributed by atoms with Gasteiger partial charge in [0.15, 0.2) is 6.61 Å². The van der Waals surface area contributed by atoms with Gasteiger partial charge in [0.25, 0.3) is 5.91 Å². The van der Waals surface area contributed by atoms with Crippen molar-refractivity contribution < 1.29 is 14.3 Å². The summed E-state index contributed by atoms with van der Waals surface area (Å²) in [7, 11) is 1.53. The minimum Gasteiger partial charge on any atom is -0.482 e. The van der Waals surface area contributed by atoms with Crippen LogP contribution in [-0.4, -0.2) is 36.4 Å². The molecule has 0 fully saturated rings. The lowest BCUT2D eigenvalue weighted by molar-refractivity contribution is -0.142. The summed E-state index contributed by atoms with van der Waals surface area (Å²) in [5, 5.41) is 3.50. The van der Waals surface area contributed by atoms with Crippen molar-refractivity contribution in [1.82, 2.24) is 10.2 Å². The van der Waals surface area contributed by atoms with E-state index in [1.54, 1.807) is 43.3 Å². The maximum Gasteiger partial charge on any atom is 0.261 e. The zero-order valence-electron chi connectivity index (χ0n) is 14.5. The lowest BCUT2D eigenvalue weighted by Crippen LogP contribution is -2.48. The third-order valence-corrected chi connectivity index (χ3v) is 4.58. The number of halogens is 2. The molecular weight excluding hydrogens is 375 g/mol. The third-order valence-electron chi connectivity index (χ3n) is 3.90. The molecule has 2 aromatic carbocycles. The summed E-state index contributed by atoms with van der Waals surface area (Å²) in [5.41, 5.74) is 0.746. The van der Waals surface area contributed by atoms with Crippen LogP contribution in [-0.2, 0) is 16.1 Å². The molecule has 0 radical (unpaired) electrons. The van der Waals surface area contributed by atoms with Gasteiger partial charge in [-0.3, -0.25) is 9.59 Å². The Bertz CT molecular complexity index is 783. The molecule has 0 saturated heterocycles. The number of para-hydroxylation sites is 1. The summed E-state index contributed by atoms with van der Waals surface area (Å²) < 4.78 is 5.52. The number of likely N-dealkylation sites (N-methyl/N-ethyl adjacent to an activating group) is 1. The standard InChI is InChI=1S/C19H20Cl2N2O3/c1-13(19(25)22-2)23(11-14-7-3-4-8-15(14)20)18(24)12-26-17-10-6-5-9-16(17)21/h3-10,13H,11-12H2,1-2H3,(H,22,25)/t13-/m0/s1. The topological polar surface area (TPSA) is 58.6 Å². The van der Waals surface area contributed by atoms with Gasteiger partial charge in [-0.15, -0.1) is 0 Å². The number of hydrogen-bond acceptors (Lipinski definition) is 3. The van der Waals surface area contributed by atoms with Gasteiger partial charge in [-0.05, 0) is 30.7 Å². The average molecular weight is 395 g/mol. The largest absolute Gasteiger partial charge is 0.482 e. The molecule has 138 valence electrons. The van der Waals surface area contributed by atoms with Crippen molar-refractivity contribution >= 4 is 35.0 Å². The highest BCUT2D eigenvalue weighted by atomic mass is 35.5. The number of nitrogens with one attached hydrogen (secondary N) is 1. The number of carbonyl (C=O) groups excluding carboxylic acids is 2. The molecular formula is C19H20Cl2N2O3. The Morgan fingerprint density at radius 1 is 1.08 bits per heavy atom. The van der Waals surface area contributed by atoms with Crippen LogP contribution in [0.25, 0.3) is 0 Å². The lowest BCUT2D eigenvalue weighted by Gasteiger charge is -2.28. The molecule has 0 saturated carbocycles. The predicted octanol–water partition coefficient (Wildman–Crippen LogP) is 3.54. The molecule has 1 atom stereocenters. The third kappa shape index (κ3) is 5.13. The highest BCUT2D eigenvalue weighted by Crippen LogP contribution is 2.23. The first-order valence-electron chi connectivity index (χ1n) is 8.05. The van der Waals surface area contributed by atoms with Crippen molar-refractivity contribution in [2.45, 2.75) is 19.5 Å². The first-order valence-corrected chi connectivity index (χ1v) is 8.81. The SMILES string of the molecule is CNC(=O)[C@H](C)N(Cc1ccccc1Cl)C(=O)COc1ccccc1Cl. The monoisotopic (exact) mass is 394 g/mol. The van der Waals surface area contributed by atoms with Crippen molar-refractivity contribution in [3.8, 4) is 5.75 Å². The van der Waals surface area contributed by atoms with E-state index < -0.39 is 6.04 Å². The highest BCUT2D eigenvalue weighted by molar-refractivity contribution is 6.32. The zero-order chi connectivity index (χ0) is 19.1. The van der Waals surface area contributed by atoms with Gasteiger partial charge < -0.3 is 15.0 Å². The predicted molar refractivity (Wildman–Crippen MR) is 102 cm³/mol. The molecule has 0 unspecified atom stereocenters. The van der Waals surface area contributed by atoms with Crippen LogP contribution in [0.1, 0.15) is 12.5 Å². The molecule has 0 spiro atoms. The van der Waals surface area contributed by atoms with Crippen LogP contribution in [0.15, 0.2) is 48.5 Å². The van der Waals surface area contributed by atoms with E-state index in [9.17, 15) is 9.59 Å². The summed E-state index contributed by atoms with van der Waals surface area (Å²) >= 11 is 12.2. The second-order valence-corrected chi connectivity index (χ2v) is 6.44. The van der Waals surface area contributed by atoms with E-state index in [2.05, 4.69) is 5.32 Å². The second kappa shape index (κ2) is 9.46. The van der Waals surface area contributed by atoms with E-state index in [0.717, 1.165) is 5.56 Å². The van der Waals surface area contributed by atoms with Gasteiger partial charge in [-0.25, -0.2) is 0 Å². The number of rotatable bonds is 7. The molecule has 0 aliphatic heterocycles. The van der Waals surface area contributed by atoms with E-state index in [4.69, 9.17) is 27.9 Å². The van der Waals surface area contributed by atoms with E-state index in [-0.39, 0.29) is 25.0 Å². The number of benzene rings is 2. The van der Waals surface area contributed by atoms with Crippen molar-refractivity contribution in [2.75, 3.05) is 13.7 Å². The van der Waals surface area contributed by atoms with Gasteiger partial charge in [-0.2, -0.15) is 0 Å². The molecule has 0 bridgehead atoms. The second-order valence-electron chi connectivity index (χ2n) is 5.62. The molecule has 2 amide bonds. The van der Waals surface area contributed by atoms with E-state index >= 15 is 0 Å². The minimum atomic E-state index is -0.682. The van der Waals surface area contributed by atoms with Gasteiger partial charge in [0.05, 0.1) is 5.02 Å². The maximum absolute atomic E-state index is 12.7. The summed E-state index contributed by atoms with van der Waals surface area (Å²) in [4.78, 5) is 26.2. The molecule has 5 nitrogen and oxygen atoms in total. The van der Waals surface area contributed by atoms with E-state index in [1.165, 1.54) is 11.9 Å². The number of amides is 2. The molecule has 26 heavy (non-hydrogen) atoms. The van der Waals surface area contributed by atoms with Crippen LogP contribution in [0, 0.1) is 0 Å². The normalized spacial score (nSPS) is 11.5. The Kier molecular flexibility index (Phi) is 7.30. The van der Waals surface area contributed by atoms with E-state index in [1.807, 2.05) is 12.1 Å². The Balaban J connectivity index is 2.17. The van der Waals surface area contributed by atoms with Crippen LogP contribution in [0.3, 0.4) is 0 Å². The van der Waals surface area contributed by atoms with Crippen molar-refractivity contribution in [1.29, 1.82) is 0 Å². The maximum atomic E-state index is 12.7. The first-order chi connectivity index (χ1) is 12.4. The molecule has 0 aromatic heterocycles. The molecule has 2 rings (SSSR count). The molecule has 0 heterocycles. The Labute approximate surface area is 162 Å². The summed E-state index contributed by atoms with van der Waals surface area (Å²) in [6.07, 6.45) is 0. The van der Waals surface area contributed by atoms with Crippen LogP contribution in [0.5, 0.6) is 5.75 Å². The first kappa shape index (κ1) is 20.1. The number of nitrogens with zero attached hydrogens (tertiary/aromatic N) is 1. The van der Waals surface area contributed by atoms with Gasteiger partial charge in [-0.1, -0.05) is 53.5 Å². The van der Waals surface area contributed by atoms with Crippen molar-refractivity contribution in [3.05, 3.63) is 64.1 Å². The number of carbonyl (C=O) groups is 2. The molecule has 7 heteroatoms. The van der Waals surface area contributed by atoms with Crippen LogP contribution >= 0.6 is 23.2 Å². The van der Waals surface area contributed by atoms with Crippen molar-refractivity contribution in [3.63, 3.8) is 0 Å². The molecule has 2 aromatic rings. The summed E-state index contributed by atoms with van der Waals surface area (Å²) in [6.45, 7) is 1.61. The Morgan fingerprint density at radius 3 is 2.31 bits per heavy atom. The smallest absolute Gasteiger partial charge is 0.261 e. The highest BCUT2D eigenvalue weighted by Gasteiger charge is 2.26. The fourth-order valence-corrected chi connectivity index (χ4v) is 2.77. The molecule has 0 aliphatic carbocycles. The zero-order valence-corrected chi connectivity index (χ0v) is 16.1. The van der Waals surface area contributed by atoms with Gasteiger partial charge in [0, 0.05) is 18.6 Å². The quantitative estimate of drug-likeness (QED) is 0.780. The van der Waals surface area contributed by atoms with Gasteiger partial charge in [0.1, 0.15) is 11.8 Å². The summed E-state index contributed by atoms with van der Waals surface area (Å²) in [6, 6.07) is 13.4.